The zero-order chi connectivity index (χ0) is 13.8. The summed E-state index contributed by atoms with van der Waals surface area (Å²) in [7, 11) is -1.80. The third kappa shape index (κ3) is 3.94. The van der Waals surface area contributed by atoms with E-state index in [0.717, 1.165) is 5.56 Å². The predicted molar refractivity (Wildman–Crippen MR) is 79.2 cm³/mol. The van der Waals surface area contributed by atoms with Crippen molar-refractivity contribution in [3.63, 3.8) is 0 Å². The van der Waals surface area contributed by atoms with Crippen molar-refractivity contribution >= 4 is 8.32 Å². The standard InChI is InChI=1S/C15H26O2Si/c1-15(2,3)18(4,5)17-14(11-12-16)13-9-7-6-8-10-13/h6-10,14,16H,11-12H2,1-5H3. The molecule has 1 aromatic carbocycles. The first-order valence-corrected chi connectivity index (χ1v) is 9.52. The minimum Gasteiger partial charge on any atom is -0.410 e. The molecular formula is C15H26O2Si. The fraction of sp³-hybridized carbons (Fsp3) is 0.600. The maximum Gasteiger partial charge on any atom is 0.192 e. The van der Waals surface area contributed by atoms with Crippen molar-refractivity contribution in [3.05, 3.63) is 35.9 Å². The van der Waals surface area contributed by atoms with Gasteiger partial charge in [0, 0.05) is 6.61 Å². The molecule has 1 atom stereocenters. The van der Waals surface area contributed by atoms with E-state index < -0.39 is 8.32 Å². The van der Waals surface area contributed by atoms with Crippen LogP contribution in [0.5, 0.6) is 0 Å². The molecule has 0 heterocycles. The molecular weight excluding hydrogens is 240 g/mol. The molecule has 1 aromatic rings. The summed E-state index contributed by atoms with van der Waals surface area (Å²) >= 11 is 0. The van der Waals surface area contributed by atoms with E-state index in [-0.39, 0.29) is 17.7 Å². The summed E-state index contributed by atoms with van der Waals surface area (Å²) in [6.45, 7) is 11.4. The monoisotopic (exact) mass is 266 g/mol. The van der Waals surface area contributed by atoms with E-state index in [4.69, 9.17) is 4.43 Å². The van der Waals surface area contributed by atoms with Crippen LogP contribution >= 0.6 is 0 Å². The Morgan fingerprint density at radius 1 is 1.17 bits per heavy atom. The Labute approximate surface area is 112 Å². The number of hydrogen-bond acceptors (Lipinski definition) is 2. The number of hydrogen-bond donors (Lipinski definition) is 1. The lowest BCUT2D eigenvalue weighted by molar-refractivity contribution is 0.141. The molecule has 0 amide bonds. The van der Waals surface area contributed by atoms with E-state index in [0.29, 0.717) is 6.42 Å². The van der Waals surface area contributed by atoms with Gasteiger partial charge in [0.2, 0.25) is 0 Å². The van der Waals surface area contributed by atoms with Crippen molar-refractivity contribution in [1.29, 1.82) is 0 Å². The molecule has 3 heteroatoms. The second kappa shape index (κ2) is 6.00. The van der Waals surface area contributed by atoms with Gasteiger partial charge in [0.15, 0.2) is 8.32 Å². The van der Waals surface area contributed by atoms with Gasteiger partial charge in [0.05, 0.1) is 6.10 Å². The van der Waals surface area contributed by atoms with Crippen LogP contribution in [0.1, 0.15) is 38.9 Å². The van der Waals surface area contributed by atoms with E-state index in [1.165, 1.54) is 0 Å². The van der Waals surface area contributed by atoms with Gasteiger partial charge < -0.3 is 9.53 Å². The number of rotatable bonds is 5. The smallest absolute Gasteiger partial charge is 0.192 e. The van der Waals surface area contributed by atoms with E-state index in [1.807, 2.05) is 18.2 Å². The van der Waals surface area contributed by atoms with Crippen LogP contribution in [0.4, 0.5) is 0 Å². The second-order valence-corrected chi connectivity index (χ2v) is 11.0. The van der Waals surface area contributed by atoms with Crippen LogP contribution in [0.25, 0.3) is 0 Å². The number of aliphatic hydroxyl groups excluding tert-OH is 1. The molecule has 18 heavy (non-hydrogen) atoms. The van der Waals surface area contributed by atoms with Crippen LogP contribution in [0.3, 0.4) is 0 Å². The average Bonchev–Trinajstić information content (AvgIpc) is 2.28. The largest absolute Gasteiger partial charge is 0.410 e. The quantitative estimate of drug-likeness (QED) is 0.812. The molecule has 1 unspecified atom stereocenters. The lowest BCUT2D eigenvalue weighted by Gasteiger charge is -2.39. The highest BCUT2D eigenvalue weighted by atomic mass is 28.4. The topological polar surface area (TPSA) is 29.5 Å². The summed E-state index contributed by atoms with van der Waals surface area (Å²) in [5, 5.41) is 9.42. The second-order valence-electron chi connectivity index (χ2n) is 6.29. The molecule has 0 bridgehead atoms. The summed E-state index contributed by atoms with van der Waals surface area (Å²) in [6.07, 6.45) is 0.674. The van der Waals surface area contributed by atoms with Gasteiger partial charge in [-0.25, -0.2) is 0 Å². The third-order valence-corrected chi connectivity index (χ3v) is 8.29. The molecule has 1 N–H and O–H groups in total. The number of aliphatic hydroxyl groups is 1. The first-order chi connectivity index (χ1) is 8.28. The van der Waals surface area contributed by atoms with Gasteiger partial charge in [0.1, 0.15) is 0 Å². The van der Waals surface area contributed by atoms with Crippen molar-refractivity contribution in [2.45, 2.75) is 51.4 Å². The normalized spacial score (nSPS) is 14.6. The van der Waals surface area contributed by atoms with Gasteiger partial charge in [0.25, 0.3) is 0 Å². The Bertz CT molecular complexity index is 355. The number of benzene rings is 1. The predicted octanol–water partition coefficient (Wildman–Crippen LogP) is 4.13. The van der Waals surface area contributed by atoms with Gasteiger partial charge in [-0.3, -0.25) is 0 Å². The Morgan fingerprint density at radius 2 is 1.72 bits per heavy atom. The molecule has 0 fully saturated rings. The summed E-state index contributed by atoms with van der Waals surface area (Å²) < 4.78 is 6.41. The van der Waals surface area contributed by atoms with Crippen molar-refractivity contribution in [1.82, 2.24) is 0 Å². The zero-order valence-corrected chi connectivity index (χ0v) is 13.2. The summed E-state index contributed by atoms with van der Waals surface area (Å²) in [4.78, 5) is 0. The molecule has 0 aliphatic carbocycles. The molecule has 0 aliphatic rings. The fourth-order valence-corrected chi connectivity index (χ4v) is 2.93. The molecule has 0 spiro atoms. The van der Waals surface area contributed by atoms with Crippen molar-refractivity contribution in [3.8, 4) is 0 Å². The molecule has 102 valence electrons. The Morgan fingerprint density at radius 3 is 2.17 bits per heavy atom. The van der Waals surface area contributed by atoms with Crippen LogP contribution < -0.4 is 0 Å². The highest BCUT2D eigenvalue weighted by Gasteiger charge is 2.39. The molecule has 1 rings (SSSR count). The van der Waals surface area contributed by atoms with Crippen molar-refractivity contribution in [2.24, 2.45) is 0 Å². The van der Waals surface area contributed by atoms with Gasteiger partial charge in [-0.2, -0.15) is 0 Å². The van der Waals surface area contributed by atoms with E-state index in [9.17, 15) is 5.11 Å². The summed E-state index contributed by atoms with van der Waals surface area (Å²) in [5.41, 5.74) is 1.16. The summed E-state index contributed by atoms with van der Waals surface area (Å²) in [5.74, 6) is 0. The van der Waals surface area contributed by atoms with Crippen LogP contribution in [0.15, 0.2) is 30.3 Å². The lowest BCUT2D eigenvalue weighted by atomic mass is 10.1. The summed E-state index contributed by atoms with van der Waals surface area (Å²) in [6, 6.07) is 10.2. The maximum absolute atomic E-state index is 9.23. The van der Waals surface area contributed by atoms with Crippen LogP contribution in [0.2, 0.25) is 18.1 Å². The highest BCUT2D eigenvalue weighted by molar-refractivity contribution is 6.74. The third-order valence-electron chi connectivity index (χ3n) is 3.81. The van der Waals surface area contributed by atoms with E-state index >= 15 is 0 Å². The van der Waals surface area contributed by atoms with Crippen LogP contribution in [-0.4, -0.2) is 20.0 Å². The molecule has 0 saturated carbocycles. The molecule has 2 nitrogen and oxygen atoms in total. The van der Waals surface area contributed by atoms with Gasteiger partial charge in [-0.15, -0.1) is 0 Å². The Balaban J connectivity index is 2.88. The average molecular weight is 266 g/mol. The first kappa shape index (κ1) is 15.4. The minimum absolute atomic E-state index is 0.0112. The molecule has 0 saturated heterocycles. The lowest BCUT2D eigenvalue weighted by Crippen LogP contribution is -2.42. The Hall–Kier alpha value is -0.643. The minimum atomic E-state index is -1.80. The van der Waals surface area contributed by atoms with Crippen molar-refractivity contribution < 1.29 is 9.53 Å². The van der Waals surface area contributed by atoms with Crippen molar-refractivity contribution in [2.75, 3.05) is 6.61 Å². The Kier molecular flexibility index (Phi) is 5.14. The molecule has 0 aliphatic heterocycles. The van der Waals surface area contributed by atoms with Crippen LogP contribution in [0, 0.1) is 0 Å². The SMILES string of the molecule is CC(C)(C)[Si](C)(C)OC(CCO)c1ccccc1. The van der Waals surface area contributed by atoms with E-state index in [2.05, 4.69) is 46.0 Å². The maximum atomic E-state index is 9.23. The zero-order valence-electron chi connectivity index (χ0n) is 12.2. The van der Waals surface area contributed by atoms with Gasteiger partial charge >= 0.3 is 0 Å². The van der Waals surface area contributed by atoms with E-state index in [1.54, 1.807) is 0 Å². The first-order valence-electron chi connectivity index (χ1n) is 6.61. The van der Waals surface area contributed by atoms with Gasteiger partial charge in [-0.1, -0.05) is 51.1 Å². The fourth-order valence-electron chi connectivity index (χ4n) is 1.61. The highest BCUT2D eigenvalue weighted by Crippen LogP contribution is 2.40. The molecule has 0 radical (unpaired) electrons. The molecule has 0 aromatic heterocycles. The van der Waals surface area contributed by atoms with Crippen LogP contribution in [-0.2, 0) is 4.43 Å². The van der Waals surface area contributed by atoms with Gasteiger partial charge in [-0.05, 0) is 30.1 Å².